The second-order valence-electron chi connectivity index (χ2n) is 1.97. The molecular weight excluding hydrogens is 345 g/mol. The number of benzene rings is 1. The van der Waals surface area contributed by atoms with Crippen molar-refractivity contribution in [2.45, 2.75) is 5.33 Å². The van der Waals surface area contributed by atoms with Gasteiger partial charge in [0.05, 0.1) is 8.59 Å². The first-order valence-electron chi connectivity index (χ1n) is 2.85. The smallest absolute Gasteiger partial charge is 0.155 e. The zero-order valence-corrected chi connectivity index (χ0v) is 9.87. The molecule has 0 amide bonds. The van der Waals surface area contributed by atoms with Crippen LogP contribution in [0.3, 0.4) is 0 Å². The molecule has 0 aliphatic rings. The number of alkyl halides is 1. The monoisotopic (exact) mass is 348 g/mol. The molecule has 0 saturated heterocycles. The molecule has 0 aromatic heterocycles. The highest BCUT2D eigenvalue weighted by Gasteiger charge is 2.07. The third-order valence-corrected chi connectivity index (χ3v) is 3.32. The normalized spacial score (nSPS) is 10.2. The maximum atomic E-state index is 13.0. The molecule has 0 aliphatic heterocycles. The molecule has 0 unspecified atom stereocenters. The Morgan fingerprint density at radius 1 is 1.55 bits per heavy atom. The molecule has 0 N–H and O–H groups in total. The average Bonchev–Trinajstić information content (AvgIpc) is 2.01. The van der Waals surface area contributed by atoms with Crippen LogP contribution in [0.1, 0.15) is 5.56 Å². The van der Waals surface area contributed by atoms with E-state index in [1.54, 1.807) is 6.07 Å². The highest BCUT2D eigenvalue weighted by molar-refractivity contribution is 14.1. The van der Waals surface area contributed by atoms with Gasteiger partial charge in [-0.3, -0.25) is 0 Å². The lowest BCUT2D eigenvalue weighted by Gasteiger charge is -2.01. The fourth-order valence-electron chi connectivity index (χ4n) is 0.669. The summed E-state index contributed by atoms with van der Waals surface area (Å²) in [7, 11) is 0. The van der Waals surface area contributed by atoms with E-state index < -0.39 is 0 Å². The number of hydrogen-bond donors (Lipinski definition) is 0. The fourth-order valence-corrected chi connectivity index (χ4v) is 2.64. The Morgan fingerprint density at radius 3 is 2.73 bits per heavy atom. The first-order valence-corrected chi connectivity index (χ1v) is 5.43. The SMILES string of the molecule is Fc1c(Cl)ccc(CBr)c1I. The molecule has 0 aliphatic carbocycles. The lowest BCUT2D eigenvalue weighted by atomic mass is 10.2. The summed E-state index contributed by atoms with van der Waals surface area (Å²) < 4.78 is 13.6. The van der Waals surface area contributed by atoms with E-state index in [-0.39, 0.29) is 10.8 Å². The summed E-state index contributed by atoms with van der Waals surface area (Å²) in [5.74, 6) is -0.329. The van der Waals surface area contributed by atoms with Crippen molar-refractivity contribution in [3.05, 3.63) is 32.1 Å². The van der Waals surface area contributed by atoms with Crippen molar-refractivity contribution in [1.82, 2.24) is 0 Å². The fraction of sp³-hybridized carbons (Fsp3) is 0.143. The summed E-state index contributed by atoms with van der Waals surface area (Å²) in [6, 6.07) is 3.37. The molecule has 0 bridgehead atoms. The highest BCUT2D eigenvalue weighted by Crippen LogP contribution is 2.24. The predicted molar refractivity (Wildman–Crippen MR) is 56.8 cm³/mol. The van der Waals surface area contributed by atoms with Crippen LogP contribution in [0.25, 0.3) is 0 Å². The zero-order chi connectivity index (χ0) is 8.43. The first-order chi connectivity index (χ1) is 5.16. The van der Waals surface area contributed by atoms with Gasteiger partial charge in [0, 0.05) is 5.33 Å². The molecular formula is C7H4BrClFI. The maximum absolute atomic E-state index is 13.0. The van der Waals surface area contributed by atoms with Gasteiger partial charge in [0.15, 0.2) is 5.82 Å². The molecule has 1 rings (SSSR count). The minimum Gasteiger partial charge on any atom is -0.204 e. The van der Waals surface area contributed by atoms with Crippen LogP contribution in [0.15, 0.2) is 12.1 Å². The summed E-state index contributed by atoms with van der Waals surface area (Å²) in [4.78, 5) is 0. The summed E-state index contributed by atoms with van der Waals surface area (Å²) >= 11 is 10.7. The molecule has 1 aromatic rings. The number of halogens is 4. The van der Waals surface area contributed by atoms with Crippen LogP contribution in [0.2, 0.25) is 5.02 Å². The van der Waals surface area contributed by atoms with Gasteiger partial charge in [0.2, 0.25) is 0 Å². The van der Waals surface area contributed by atoms with Crippen LogP contribution >= 0.6 is 50.1 Å². The summed E-state index contributed by atoms with van der Waals surface area (Å²) in [6.07, 6.45) is 0. The van der Waals surface area contributed by atoms with Gasteiger partial charge >= 0.3 is 0 Å². The van der Waals surface area contributed by atoms with E-state index in [2.05, 4.69) is 15.9 Å². The molecule has 0 radical (unpaired) electrons. The molecule has 1 aromatic carbocycles. The van der Waals surface area contributed by atoms with E-state index in [0.29, 0.717) is 8.90 Å². The van der Waals surface area contributed by atoms with Gasteiger partial charge in [-0.1, -0.05) is 33.6 Å². The minimum atomic E-state index is -0.329. The Kier molecular flexibility index (Phi) is 3.58. The Bertz CT molecular complexity index is 277. The Morgan fingerprint density at radius 2 is 2.18 bits per heavy atom. The molecule has 60 valence electrons. The van der Waals surface area contributed by atoms with Crippen LogP contribution in [-0.4, -0.2) is 0 Å². The minimum absolute atomic E-state index is 0.180. The second kappa shape index (κ2) is 4.05. The first kappa shape index (κ1) is 9.74. The van der Waals surface area contributed by atoms with E-state index in [4.69, 9.17) is 11.6 Å². The Labute approximate surface area is 91.4 Å². The van der Waals surface area contributed by atoms with Crippen LogP contribution in [0, 0.1) is 9.39 Å². The topological polar surface area (TPSA) is 0 Å². The molecule has 0 atom stereocenters. The quantitative estimate of drug-likeness (QED) is 0.409. The average molecular weight is 349 g/mol. The third-order valence-electron chi connectivity index (χ3n) is 1.26. The van der Waals surface area contributed by atoms with Gasteiger partial charge in [0.25, 0.3) is 0 Å². The molecule has 0 heterocycles. The number of hydrogen-bond acceptors (Lipinski definition) is 0. The standard InChI is InChI=1S/C7H4BrClFI/c8-3-4-1-2-5(9)6(10)7(4)11/h1-2H,3H2. The van der Waals surface area contributed by atoms with Gasteiger partial charge in [0.1, 0.15) is 0 Å². The van der Waals surface area contributed by atoms with Crippen molar-refractivity contribution in [1.29, 1.82) is 0 Å². The molecule has 0 spiro atoms. The lowest BCUT2D eigenvalue weighted by molar-refractivity contribution is 0.619. The van der Waals surface area contributed by atoms with Gasteiger partial charge in [-0.2, -0.15) is 0 Å². The zero-order valence-electron chi connectivity index (χ0n) is 5.37. The van der Waals surface area contributed by atoms with Crippen molar-refractivity contribution >= 4 is 50.1 Å². The van der Waals surface area contributed by atoms with Crippen molar-refractivity contribution in [3.8, 4) is 0 Å². The predicted octanol–water partition coefficient (Wildman–Crippen LogP) is 3.98. The Balaban J connectivity index is 3.25. The molecule has 0 nitrogen and oxygen atoms in total. The molecule has 4 heteroatoms. The summed E-state index contributed by atoms with van der Waals surface area (Å²) in [6.45, 7) is 0. The molecule has 0 fully saturated rings. The second-order valence-corrected chi connectivity index (χ2v) is 4.01. The van der Waals surface area contributed by atoms with Crippen LogP contribution < -0.4 is 0 Å². The lowest BCUT2D eigenvalue weighted by Crippen LogP contribution is -1.89. The van der Waals surface area contributed by atoms with Crippen molar-refractivity contribution < 1.29 is 4.39 Å². The highest BCUT2D eigenvalue weighted by atomic mass is 127. The van der Waals surface area contributed by atoms with Crippen LogP contribution in [0.5, 0.6) is 0 Å². The van der Waals surface area contributed by atoms with Crippen molar-refractivity contribution in [2.75, 3.05) is 0 Å². The molecule has 0 saturated carbocycles. The Hall–Kier alpha value is 0.650. The van der Waals surface area contributed by atoms with Crippen molar-refractivity contribution in [3.63, 3.8) is 0 Å². The van der Waals surface area contributed by atoms with Gasteiger partial charge in [-0.15, -0.1) is 0 Å². The van der Waals surface area contributed by atoms with Crippen molar-refractivity contribution in [2.24, 2.45) is 0 Å². The third kappa shape index (κ3) is 2.06. The molecule has 11 heavy (non-hydrogen) atoms. The van der Waals surface area contributed by atoms with E-state index in [1.165, 1.54) is 0 Å². The number of rotatable bonds is 1. The van der Waals surface area contributed by atoms with Gasteiger partial charge in [-0.25, -0.2) is 4.39 Å². The van der Waals surface area contributed by atoms with Crippen LogP contribution in [-0.2, 0) is 5.33 Å². The van der Waals surface area contributed by atoms with Gasteiger partial charge < -0.3 is 0 Å². The van der Waals surface area contributed by atoms with E-state index >= 15 is 0 Å². The maximum Gasteiger partial charge on any atom is 0.155 e. The van der Waals surface area contributed by atoms with Crippen LogP contribution in [0.4, 0.5) is 4.39 Å². The van der Waals surface area contributed by atoms with E-state index in [1.807, 2.05) is 28.7 Å². The summed E-state index contributed by atoms with van der Waals surface area (Å²) in [5, 5.41) is 0.832. The van der Waals surface area contributed by atoms with Gasteiger partial charge in [-0.05, 0) is 34.2 Å². The van der Waals surface area contributed by atoms with E-state index in [9.17, 15) is 4.39 Å². The van der Waals surface area contributed by atoms with E-state index in [0.717, 1.165) is 5.56 Å². The largest absolute Gasteiger partial charge is 0.204 e. The summed E-state index contributed by atoms with van der Waals surface area (Å²) in [5.41, 5.74) is 0.924.